The van der Waals surface area contributed by atoms with Crippen molar-refractivity contribution >= 4 is 28.2 Å². The van der Waals surface area contributed by atoms with E-state index in [4.69, 9.17) is 5.73 Å². The van der Waals surface area contributed by atoms with Crippen molar-refractivity contribution in [3.63, 3.8) is 0 Å². The zero-order valence-electron chi connectivity index (χ0n) is 10.5. The molecule has 3 aromatic rings. The summed E-state index contributed by atoms with van der Waals surface area (Å²) in [5.41, 5.74) is 8.44. The highest BCUT2D eigenvalue weighted by Crippen LogP contribution is 2.24. The minimum Gasteiger partial charge on any atom is -0.384 e. The van der Waals surface area contributed by atoms with Gasteiger partial charge in [0.15, 0.2) is 0 Å². The van der Waals surface area contributed by atoms with Gasteiger partial charge in [-0.2, -0.15) is 0 Å². The molecule has 5 heteroatoms. The second-order valence-corrected chi connectivity index (χ2v) is 4.28. The number of hydrogen-bond donors (Lipinski definition) is 2. The normalized spacial score (nSPS) is 10.6. The number of fused-ring (bicyclic) bond motifs is 1. The summed E-state index contributed by atoms with van der Waals surface area (Å²) >= 11 is 0. The molecule has 0 aliphatic carbocycles. The second-order valence-electron chi connectivity index (χ2n) is 4.28. The first-order valence-corrected chi connectivity index (χ1v) is 5.93. The van der Waals surface area contributed by atoms with Gasteiger partial charge < -0.3 is 11.1 Å². The lowest BCUT2D eigenvalue weighted by molar-refractivity contribution is 1.17. The van der Waals surface area contributed by atoms with E-state index in [1.165, 1.54) is 6.33 Å². The fourth-order valence-corrected chi connectivity index (χ4v) is 1.92. The van der Waals surface area contributed by atoms with Crippen LogP contribution in [-0.4, -0.2) is 15.0 Å². The van der Waals surface area contributed by atoms with Crippen LogP contribution in [0.25, 0.3) is 10.9 Å². The molecule has 94 valence electrons. The first-order chi connectivity index (χ1) is 9.22. The number of pyridine rings is 1. The Morgan fingerprint density at radius 1 is 1.11 bits per heavy atom. The van der Waals surface area contributed by atoms with E-state index in [1.54, 1.807) is 6.07 Å². The summed E-state index contributed by atoms with van der Waals surface area (Å²) in [7, 11) is 0. The third-order valence-electron chi connectivity index (χ3n) is 2.81. The van der Waals surface area contributed by atoms with E-state index >= 15 is 0 Å². The van der Waals surface area contributed by atoms with E-state index in [2.05, 4.69) is 26.3 Å². The van der Waals surface area contributed by atoms with Crippen molar-refractivity contribution in [2.75, 3.05) is 11.1 Å². The minimum absolute atomic E-state index is 0.432. The molecule has 2 aromatic heterocycles. The number of aromatic nitrogens is 3. The number of benzene rings is 1. The molecule has 0 unspecified atom stereocenters. The average Bonchev–Trinajstić information content (AvgIpc) is 2.39. The van der Waals surface area contributed by atoms with Gasteiger partial charge in [0.1, 0.15) is 18.0 Å². The maximum absolute atomic E-state index is 5.64. The highest BCUT2D eigenvalue weighted by atomic mass is 15.0. The lowest BCUT2D eigenvalue weighted by Gasteiger charge is -2.09. The molecule has 19 heavy (non-hydrogen) atoms. The van der Waals surface area contributed by atoms with Gasteiger partial charge in [0, 0.05) is 17.1 Å². The number of nitrogens with two attached hydrogens (primary N) is 1. The monoisotopic (exact) mass is 251 g/mol. The summed E-state index contributed by atoms with van der Waals surface area (Å²) < 4.78 is 0. The van der Waals surface area contributed by atoms with Crippen LogP contribution in [0.5, 0.6) is 0 Å². The Labute approximate surface area is 110 Å². The van der Waals surface area contributed by atoms with Crippen LogP contribution < -0.4 is 11.1 Å². The summed E-state index contributed by atoms with van der Waals surface area (Å²) in [6.45, 7) is 1.97. The number of anilines is 3. The highest BCUT2D eigenvalue weighted by Gasteiger charge is 2.04. The van der Waals surface area contributed by atoms with Crippen molar-refractivity contribution in [2.45, 2.75) is 6.92 Å². The summed E-state index contributed by atoms with van der Waals surface area (Å²) in [5, 5.41) is 4.30. The van der Waals surface area contributed by atoms with E-state index in [1.807, 2.05) is 31.2 Å². The van der Waals surface area contributed by atoms with E-state index in [9.17, 15) is 0 Å². The third kappa shape index (κ3) is 2.30. The van der Waals surface area contributed by atoms with Crippen molar-refractivity contribution in [1.82, 2.24) is 15.0 Å². The smallest absolute Gasteiger partial charge is 0.135 e. The average molecular weight is 251 g/mol. The molecule has 0 amide bonds. The Balaban J connectivity index is 2.07. The van der Waals surface area contributed by atoms with Crippen LogP contribution in [-0.2, 0) is 0 Å². The quantitative estimate of drug-likeness (QED) is 0.732. The molecular formula is C14H13N5. The zero-order chi connectivity index (χ0) is 13.2. The third-order valence-corrected chi connectivity index (χ3v) is 2.81. The number of hydrogen-bond acceptors (Lipinski definition) is 5. The Morgan fingerprint density at radius 2 is 2.00 bits per heavy atom. The number of nitrogens with one attached hydrogen (secondary N) is 1. The summed E-state index contributed by atoms with van der Waals surface area (Å²) in [4.78, 5) is 12.6. The Kier molecular flexibility index (Phi) is 2.72. The summed E-state index contributed by atoms with van der Waals surface area (Å²) in [6.07, 6.45) is 1.43. The molecule has 3 N–H and O–H groups in total. The molecule has 0 fully saturated rings. The molecule has 5 nitrogen and oxygen atoms in total. The Morgan fingerprint density at radius 3 is 2.84 bits per heavy atom. The number of nitrogens with zero attached hydrogens (tertiary/aromatic N) is 3. The van der Waals surface area contributed by atoms with Crippen LogP contribution in [0.2, 0.25) is 0 Å². The highest BCUT2D eigenvalue weighted by molar-refractivity contribution is 5.91. The lowest BCUT2D eigenvalue weighted by Crippen LogP contribution is -1.98. The van der Waals surface area contributed by atoms with Gasteiger partial charge in [-0.25, -0.2) is 9.97 Å². The predicted octanol–water partition coefficient (Wildman–Crippen LogP) is 2.66. The van der Waals surface area contributed by atoms with Crippen molar-refractivity contribution < 1.29 is 0 Å². The van der Waals surface area contributed by atoms with Crippen LogP contribution in [0, 0.1) is 6.92 Å². The maximum Gasteiger partial charge on any atom is 0.135 e. The Bertz CT molecular complexity index is 739. The van der Waals surface area contributed by atoms with Crippen molar-refractivity contribution in [3.05, 3.63) is 48.4 Å². The largest absolute Gasteiger partial charge is 0.384 e. The standard InChI is InChI=1S/C14H13N5/c1-9-5-6-10-3-2-4-11(14(10)18-9)19-13-7-12(15)16-8-17-13/h2-8H,1H3,(H3,15,16,17,19). The number of aryl methyl sites for hydroxylation is 1. The van der Waals surface area contributed by atoms with E-state index in [-0.39, 0.29) is 0 Å². The van der Waals surface area contributed by atoms with Gasteiger partial charge in [-0.15, -0.1) is 0 Å². The van der Waals surface area contributed by atoms with Gasteiger partial charge in [0.05, 0.1) is 11.2 Å². The van der Waals surface area contributed by atoms with E-state index in [0.29, 0.717) is 11.6 Å². The van der Waals surface area contributed by atoms with Crippen molar-refractivity contribution in [3.8, 4) is 0 Å². The van der Waals surface area contributed by atoms with Crippen LogP contribution in [0.1, 0.15) is 5.69 Å². The molecule has 3 rings (SSSR count). The number of para-hydroxylation sites is 1. The first-order valence-electron chi connectivity index (χ1n) is 5.93. The molecule has 0 bridgehead atoms. The van der Waals surface area contributed by atoms with Crippen molar-refractivity contribution in [1.29, 1.82) is 0 Å². The fraction of sp³-hybridized carbons (Fsp3) is 0.0714. The van der Waals surface area contributed by atoms with Gasteiger partial charge in [-0.05, 0) is 19.1 Å². The van der Waals surface area contributed by atoms with Gasteiger partial charge >= 0.3 is 0 Å². The van der Waals surface area contributed by atoms with Gasteiger partial charge in [-0.1, -0.05) is 18.2 Å². The topological polar surface area (TPSA) is 76.7 Å². The van der Waals surface area contributed by atoms with Crippen LogP contribution >= 0.6 is 0 Å². The molecule has 0 saturated carbocycles. The predicted molar refractivity (Wildman–Crippen MR) is 76.2 cm³/mol. The maximum atomic E-state index is 5.64. The van der Waals surface area contributed by atoms with Crippen LogP contribution in [0.4, 0.5) is 17.3 Å². The molecule has 0 radical (unpaired) electrons. The van der Waals surface area contributed by atoms with Crippen LogP contribution in [0.3, 0.4) is 0 Å². The van der Waals surface area contributed by atoms with Gasteiger partial charge in [0.25, 0.3) is 0 Å². The minimum atomic E-state index is 0.432. The number of rotatable bonds is 2. The van der Waals surface area contributed by atoms with Gasteiger partial charge in [0.2, 0.25) is 0 Å². The first kappa shape index (κ1) is 11.4. The van der Waals surface area contributed by atoms with Crippen molar-refractivity contribution in [2.24, 2.45) is 0 Å². The fourth-order valence-electron chi connectivity index (χ4n) is 1.92. The number of nitrogen functional groups attached to an aromatic ring is 1. The zero-order valence-corrected chi connectivity index (χ0v) is 10.5. The van der Waals surface area contributed by atoms with E-state index < -0.39 is 0 Å². The van der Waals surface area contributed by atoms with Crippen LogP contribution in [0.15, 0.2) is 42.7 Å². The SMILES string of the molecule is Cc1ccc2cccc(Nc3cc(N)ncn3)c2n1. The second kappa shape index (κ2) is 4.53. The lowest BCUT2D eigenvalue weighted by atomic mass is 10.1. The molecule has 0 atom stereocenters. The molecule has 0 spiro atoms. The summed E-state index contributed by atoms with van der Waals surface area (Å²) in [5.74, 6) is 1.09. The summed E-state index contributed by atoms with van der Waals surface area (Å²) in [6, 6.07) is 11.7. The van der Waals surface area contributed by atoms with Gasteiger partial charge in [-0.3, -0.25) is 4.98 Å². The molecular weight excluding hydrogens is 238 g/mol. The molecule has 0 aliphatic rings. The Hall–Kier alpha value is -2.69. The van der Waals surface area contributed by atoms with E-state index in [0.717, 1.165) is 22.3 Å². The molecule has 0 aliphatic heterocycles. The molecule has 1 aromatic carbocycles. The molecule has 0 saturated heterocycles. The molecule has 2 heterocycles.